The van der Waals surface area contributed by atoms with Crippen molar-refractivity contribution in [2.75, 3.05) is 67.9 Å². The minimum absolute atomic E-state index is 0.0168. The third-order valence-corrected chi connectivity index (χ3v) is 7.49. The summed E-state index contributed by atoms with van der Waals surface area (Å²) in [7, 11) is 6.77. The van der Waals surface area contributed by atoms with Gasteiger partial charge in [-0.25, -0.2) is 4.98 Å². The van der Waals surface area contributed by atoms with E-state index in [1.165, 1.54) is 20.4 Å². The normalized spacial score (nSPS) is 19.2. The molecule has 10 nitrogen and oxygen atoms in total. The monoisotopic (exact) mass is 529 g/mol. The predicted molar refractivity (Wildman–Crippen MR) is 141 cm³/mol. The molecule has 12 heteroatoms. The van der Waals surface area contributed by atoms with Crippen molar-refractivity contribution in [1.29, 1.82) is 0 Å². The topological polar surface area (TPSA) is 94.1 Å². The Labute approximate surface area is 220 Å². The van der Waals surface area contributed by atoms with E-state index in [0.717, 1.165) is 41.8 Å². The molecule has 2 amide bonds. The zero-order chi connectivity index (χ0) is 27.2. The van der Waals surface area contributed by atoms with Gasteiger partial charge in [0, 0.05) is 31.9 Å². The number of anilines is 5. The summed E-state index contributed by atoms with van der Waals surface area (Å²) >= 11 is 0. The number of halogens is 2. The number of likely N-dealkylation sites (N-methyl/N-ethyl adjacent to an activating group) is 1. The summed E-state index contributed by atoms with van der Waals surface area (Å²) in [4.78, 5) is 40.5. The van der Waals surface area contributed by atoms with Gasteiger partial charge in [-0.05, 0) is 44.6 Å². The van der Waals surface area contributed by atoms with Gasteiger partial charge in [0.25, 0.3) is 5.91 Å². The highest BCUT2D eigenvalue weighted by molar-refractivity contribution is 6.03. The molecule has 204 valence electrons. The first-order chi connectivity index (χ1) is 18.1. The van der Waals surface area contributed by atoms with Gasteiger partial charge in [-0.2, -0.15) is 13.8 Å². The average Bonchev–Trinajstić information content (AvgIpc) is 3.50. The van der Waals surface area contributed by atoms with E-state index < -0.39 is 18.4 Å². The third-order valence-electron chi connectivity index (χ3n) is 7.49. The quantitative estimate of drug-likeness (QED) is 0.585. The highest BCUT2D eigenvalue weighted by Gasteiger charge is 2.48. The number of nitrogens with zero attached hydrogens (tertiary/aromatic N) is 6. The van der Waals surface area contributed by atoms with Crippen LogP contribution in [0.15, 0.2) is 18.3 Å². The molecular formula is C26H33F2N7O3. The first kappa shape index (κ1) is 26.1. The number of hydrogen-bond donors (Lipinski definition) is 1. The van der Waals surface area contributed by atoms with Gasteiger partial charge < -0.3 is 29.7 Å². The number of methoxy groups -OCH3 is 1. The molecule has 5 rings (SSSR count). The second-order valence-electron chi connectivity index (χ2n) is 10.4. The van der Waals surface area contributed by atoms with Gasteiger partial charge >= 0.3 is 5.92 Å². The van der Waals surface area contributed by atoms with E-state index in [4.69, 9.17) is 4.74 Å². The van der Waals surface area contributed by atoms with Crippen LogP contribution >= 0.6 is 0 Å². The van der Waals surface area contributed by atoms with Gasteiger partial charge in [-0.15, -0.1) is 0 Å². The first-order valence-corrected chi connectivity index (χ1v) is 12.8. The van der Waals surface area contributed by atoms with E-state index in [1.54, 1.807) is 9.80 Å². The van der Waals surface area contributed by atoms with Crippen LogP contribution < -0.4 is 24.8 Å². The van der Waals surface area contributed by atoms with Crippen LogP contribution in [0, 0.1) is 0 Å². The number of benzene rings is 1. The summed E-state index contributed by atoms with van der Waals surface area (Å²) in [5.74, 6) is -3.81. The number of carbonyl (C=O) groups excluding carboxylic acids is 2. The number of hydrogen-bond acceptors (Lipinski definition) is 8. The molecule has 0 bridgehead atoms. The second-order valence-corrected chi connectivity index (χ2v) is 10.4. The Morgan fingerprint density at radius 2 is 1.92 bits per heavy atom. The van der Waals surface area contributed by atoms with Crippen LogP contribution in [0.1, 0.15) is 31.2 Å². The molecule has 0 radical (unpaired) electrons. The van der Waals surface area contributed by atoms with Crippen LogP contribution in [0.5, 0.6) is 5.75 Å². The molecule has 3 aliphatic rings. The maximum Gasteiger partial charge on any atom is 0.342 e. The third kappa shape index (κ3) is 4.72. The van der Waals surface area contributed by atoms with Crippen molar-refractivity contribution in [2.45, 2.75) is 44.1 Å². The lowest BCUT2D eigenvalue weighted by atomic mass is 10.1. The molecule has 1 aromatic carbocycles. The number of alkyl halides is 2. The van der Waals surface area contributed by atoms with Crippen molar-refractivity contribution in [3.63, 3.8) is 0 Å². The van der Waals surface area contributed by atoms with Crippen molar-refractivity contribution in [3.8, 4) is 5.75 Å². The molecule has 0 spiro atoms. The van der Waals surface area contributed by atoms with Crippen LogP contribution in [0.4, 0.5) is 37.6 Å². The molecule has 1 aliphatic carbocycles. The molecule has 0 atom stereocenters. The van der Waals surface area contributed by atoms with E-state index in [2.05, 4.69) is 15.3 Å². The Hall–Kier alpha value is -3.54. The predicted octanol–water partition coefficient (Wildman–Crippen LogP) is 3.04. The minimum Gasteiger partial charge on any atom is -0.495 e. The lowest BCUT2D eigenvalue weighted by Gasteiger charge is -2.31. The fourth-order valence-corrected chi connectivity index (χ4v) is 5.43. The molecule has 1 fully saturated rings. The van der Waals surface area contributed by atoms with Gasteiger partial charge in [0.05, 0.1) is 32.0 Å². The molecule has 1 saturated carbocycles. The van der Waals surface area contributed by atoms with Crippen LogP contribution in [-0.4, -0.2) is 86.5 Å². The molecule has 1 aromatic heterocycles. The van der Waals surface area contributed by atoms with Gasteiger partial charge in [0.15, 0.2) is 5.82 Å². The van der Waals surface area contributed by atoms with E-state index in [0.29, 0.717) is 36.8 Å². The number of aromatic nitrogens is 2. The maximum absolute atomic E-state index is 14.9. The maximum atomic E-state index is 14.9. The summed E-state index contributed by atoms with van der Waals surface area (Å²) in [5, 5.41) is 3.17. The van der Waals surface area contributed by atoms with Crippen molar-refractivity contribution in [1.82, 2.24) is 14.9 Å². The summed E-state index contributed by atoms with van der Waals surface area (Å²) in [6.45, 7) is 0.530. The van der Waals surface area contributed by atoms with Crippen LogP contribution in [0.3, 0.4) is 0 Å². The lowest BCUT2D eigenvalue weighted by Crippen LogP contribution is -2.48. The Balaban J connectivity index is 1.51. The molecule has 2 aromatic rings. The van der Waals surface area contributed by atoms with Crippen LogP contribution in [-0.2, 0) is 16.0 Å². The summed E-state index contributed by atoms with van der Waals surface area (Å²) in [6.07, 6.45) is 5.10. The minimum atomic E-state index is -3.54. The van der Waals surface area contributed by atoms with Crippen molar-refractivity contribution >= 4 is 40.6 Å². The van der Waals surface area contributed by atoms with Gasteiger partial charge in [0.1, 0.15) is 11.4 Å². The molecule has 2 aliphatic heterocycles. The standard InChI is InChI=1S/C26H33F2N7O3/c1-32(2)9-10-34-19-13-18(21(38-4)11-16(19)12-22(34)36)30-25-29-14-20-23(31-25)35(17-7-5-6-8-17)15-26(27,28)24(37)33(20)3/h11,13-14,17H,5-10,12,15H2,1-4H3,(H,29,30,31). The Morgan fingerprint density at radius 1 is 1.18 bits per heavy atom. The lowest BCUT2D eigenvalue weighted by molar-refractivity contribution is -0.140. The number of nitrogens with one attached hydrogen (secondary N) is 1. The molecule has 1 N–H and O–H groups in total. The van der Waals surface area contributed by atoms with Crippen LogP contribution in [0.25, 0.3) is 0 Å². The fourth-order valence-electron chi connectivity index (χ4n) is 5.43. The SMILES string of the molecule is COc1cc2c(cc1Nc1ncc3c(n1)N(C1CCCC1)CC(F)(F)C(=O)N3C)N(CCN(C)C)C(=O)C2. The van der Waals surface area contributed by atoms with Crippen LogP contribution in [0.2, 0.25) is 0 Å². The fraction of sp³-hybridized carbons (Fsp3) is 0.538. The van der Waals surface area contributed by atoms with Gasteiger partial charge in [-0.1, -0.05) is 12.8 Å². The number of carbonyl (C=O) groups is 2. The molecule has 38 heavy (non-hydrogen) atoms. The van der Waals surface area contributed by atoms with Gasteiger partial charge in [-0.3, -0.25) is 9.59 Å². The summed E-state index contributed by atoms with van der Waals surface area (Å²) in [6, 6.07) is 3.53. The summed E-state index contributed by atoms with van der Waals surface area (Å²) in [5.41, 5.74) is 2.44. The second kappa shape index (κ2) is 9.97. The first-order valence-electron chi connectivity index (χ1n) is 12.8. The number of ether oxygens (including phenoxy) is 1. The van der Waals surface area contributed by atoms with E-state index in [-0.39, 0.29) is 23.6 Å². The van der Waals surface area contributed by atoms with E-state index in [9.17, 15) is 18.4 Å². The summed E-state index contributed by atoms with van der Waals surface area (Å²) < 4.78 is 35.4. The molecule has 3 heterocycles. The van der Waals surface area contributed by atoms with E-state index in [1.807, 2.05) is 31.1 Å². The largest absolute Gasteiger partial charge is 0.495 e. The number of amides is 2. The number of fused-ring (bicyclic) bond motifs is 2. The zero-order valence-electron chi connectivity index (χ0n) is 22.1. The Morgan fingerprint density at radius 3 is 2.61 bits per heavy atom. The Kier molecular flexibility index (Phi) is 6.84. The highest BCUT2D eigenvalue weighted by atomic mass is 19.3. The molecule has 0 saturated heterocycles. The highest BCUT2D eigenvalue weighted by Crippen LogP contribution is 2.41. The number of rotatable bonds is 7. The molecule has 0 unspecified atom stereocenters. The Bertz CT molecular complexity index is 1250. The van der Waals surface area contributed by atoms with Gasteiger partial charge in [0.2, 0.25) is 11.9 Å². The van der Waals surface area contributed by atoms with Crippen molar-refractivity contribution in [3.05, 3.63) is 23.9 Å². The average molecular weight is 530 g/mol. The van der Waals surface area contributed by atoms with Crippen molar-refractivity contribution in [2.24, 2.45) is 0 Å². The smallest absolute Gasteiger partial charge is 0.342 e. The zero-order valence-corrected chi connectivity index (χ0v) is 22.1. The van der Waals surface area contributed by atoms with Crippen molar-refractivity contribution < 1.29 is 23.1 Å². The molecular weight excluding hydrogens is 496 g/mol. The van der Waals surface area contributed by atoms with E-state index >= 15 is 0 Å².